The number of rotatable bonds is 1. The lowest BCUT2D eigenvalue weighted by Gasteiger charge is -2.50. The molecular weight excluding hydrogens is 320 g/mol. The number of amidine groups is 1. The Bertz CT molecular complexity index is 556. The van der Waals surface area contributed by atoms with Crippen molar-refractivity contribution < 1.29 is 4.74 Å². The number of aliphatic imine (C=N–C) groups is 1. The van der Waals surface area contributed by atoms with Gasteiger partial charge in [-0.2, -0.15) is 0 Å². The van der Waals surface area contributed by atoms with E-state index in [1.54, 1.807) is 6.20 Å². The van der Waals surface area contributed by atoms with E-state index in [1.165, 1.54) is 25.9 Å². The summed E-state index contributed by atoms with van der Waals surface area (Å²) in [6, 6.07) is 4.49. The standard InChI is InChI=1S/C14H17BrN4O/c15-12-7-11(1-4-16-12)18-13-17-8-14(20-13)9-19-5-2-10(14)3-6-19/h1,4,7,10H,2-3,5-6,8-9H2,(H,16,17,18)/t14-/m0/s1. The van der Waals surface area contributed by atoms with Gasteiger partial charge in [-0.1, -0.05) is 0 Å². The maximum atomic E-state index is 6.23. The molecule has 4 aliphatic rings. The molecule has 0 aromatic carbocycles. The quantitative estimate of drug-likeness (QED) is 0.798. The first-order valence-corrected chi connectivity index (χ1v) is 7.87. The summed E-state index contributed by atoms with van der Waals surface area (Å²) in [4.78, 5) is 11.2. The highest BCUT2D eigenvalue weighted by atomic mass is 79.9. The van der Waals surface area contributed by atoms with Crippen molar-refractivity contribution in [1.82, 2.24) is 9.88 Å². The van der Waals surface area contributed by atoms with Crippen molar-refractivity contribution in [2.24, 2.45) is 10.9 Å². The summed E-state index contributed by atoms with van der Waals surface area (Å²) in [5.74, 6) is 0.653. The fourth-order valence-electron chi connectivity index (χ4n) is 3.55. The lowest BCUT2D eigenvalue weighted by atomic mass is 9.75. The molecule has 2 bridgehead atoms. The third-order valence-electron chi connectivity index (χ3n) is 4.59. The summed E-state index contributed by atoms with van der Waals surface area (Å²) in [6.07, 6.45) is 4.24. The Morgan fingerprint density at radius 3 is 2.95 bits per heavy atom. The van der Waals surface area contributed by atoms with Crippen molar-refractivity contribution in [3.05, 3.63) is 22.9 Å². The Morgan fingerprint density at radius 1 is 1.40 bits per heavy atom. The highest BCUT2D eigenvalue weighted by molar-refractivity contribution is 9.10. The maximum Gasteiger partial charge on any atom is 0.290 e. The van der Waals surface area contributed by atoms with Crippen LogP contribution in [0.4, 0.5) is 5.69 Å². The fourth-order valence-corrected chi connectivity index (χ4v) is 3.92. The molecule has 3 saturated heterocycles. The summed E-state index contributed by atoms with van der Waals surface area (Å²) in [7, 11) is 0. The van der Waals surface area contributed by atoms with Crippen molar-refractivity contribution in [2.45, 2.75) is 18.4 Å². The van der Waals surface area contributed by atoms with E-state index < -0.39 is 0 Å². The topological polar surface area (TPSA) is 49.8 Å². The Labute approximate surface area is 126 Å². The second kappa shape index (κ2) is 4.70. The highest BCUT2D eigenvalue weighted by Crippen LogP contribution is 2.40. The molecule has 3 fully saturated rings. The van der Waals surface area contributed by atoms with Gasteiger partial charge in [0.15, 0.2) is 0 Å². The zero-order valence-corrected chi connectivity index (χ0v) is 12.8. The number of nitrogens with one attached hydrogen (secondary N) is 1. The molecule has 6 heteroatoms. The molecule has 0 saturated carbocycles. The molecule has 5 nitrogen and oxygen atoms in total. The van der Waals surface area contributed by atoms with Crippen molar-refractivity contribution >= 4 is 27.6 Å². The second-order valence-electron chi connectivity index (χ2n) is 5.83. The van der Waals surface area contributed by atoms with Crippen LogP contribution >= 0.6 is 15.9 Å². The first-order valence-electron chi connectivity index (χ1n) is 7.08. The van der Waals surface area contributed by atoms with Crippen LogP contribution in [-0.2, 0) is 4.74 Å². The van der Waals surface area contributed by atoms with Crippen molar-refractivity contribution in [2.75, 3.05) is 31.5 Å². The lowest BCUT2D eigenvalue weighted by Crippen LogP contribution is -2.61. The summed E-state index contributed by atoms with van der Waals surface area (Å²) in [5.41, 5.74) is 0.868. The summed E-state index contributed by atoms with van der Waals surface area (Å²) >= 11 is 3.37. The van der Waals surface area contributed by atoms with Crippen LogP contribution in [0.2, 0.25) is 0 Å². The van der Waals surface area contributed by atoms with Crippen LogP contribution in [0.5, 0.6) is 0 Å². The van der Waals surface area contributed by atoms with E-state index in [0.717, 1.165) is 23.4 Å². The van der Waals surface area contributed by atoms with Gasteiger partial charge >= 0.3 is 0 Å². The number of aromatic nitrogens is 1. The molecule has 1 spiro atoms. The van der Waals surface area contributed by atoms with E-state index >= 15 is 0 Å². The molecule has 5 rings (SSSR count). The van der Waals surface area contributed by atoms with E-state index in [-0.39, 0.29) is 5.60 Å². The number of ether oxygens (including phenoxy) is 1. The Hall–Kier alpha value is -1.14. The molecule has 0 unspecified atom stereocenters. The van der Waals surface area contributed by atoms with Crippen LogP contribution in [-0.4, -0.2) is 47.7 Å². The SMILES string of the molecule is Brc1cc(NC2=NC[C@@]3(CN4CCC3CC4)O2)ccn1. The van der Waals surface area contributed by atoms with E-state index in [0.29, 0.717) is 11.9 Å². The van der Waals surface area contributed by atoms with Crippen LogP contribution in [0.3, 0.4) is 0 Å². The van der Waals surface area contributed by atoms with E-state index in [4.69, 9.17) is 4.74 Å². The minimum atomic E-state index is -0.0803. The zero-order valence-electron chi connectivity index (χ0n) is 11.2. The highest BCUT2D eigenvalue weighted by Gasteiger charge is 2.51. The van der Waals surface area contributed by atoms with Gasteiger partial charge < -0.3 is 10.1 Å². The number of fused-ring (bicyclic) bond motifs is 2. The molecule has 4 aliphatic heterocycles. The van der Waals surface area contributed by atoms with Gasteiger partial charge in [-0.15, -0.1) is 0 Å². The third kappa shape index (κ3) is 2.11. The number of nitrogens with zero attached hydrogens (tertiary/aromatic N) is 3. The lowest BCUT2D eigenvalue weighted by molar-refractivity contribution is -0.0829. The van der Waals surface area contributed by atoms with Crippen LogP contribution in [0.15, 0.2) is 27.9 Å². The predicted octanol–water partition coefficient (Wildman–Crippen LogP) is 2.11. The Morgan fingerprint density at radius 2 is 2.25 bits per heavy atom. The number of anilines is 1. The normalized spacial score (nSPS) is 35.0. The van der Waals surface area contributed by atoms with Crippen LogP contribution in [0.25, 0.3) is 0 Å². The van der Waals surface area contributed by atoms with Gasteiger partial charge in [0.1, 0.15) is 10.2 Å². The molecule has 0 aliphatic carbocycles. The molecule has 0 amide bonds. The van der Waals surface area contributed by atoms with Gasteiger partial charge in [0.25, 0.3) is 6.02 Å². The number of hydrogen-bond acceptors (Lipinski definition) is 5. The maximum absolute atomic E-state index is 6.23. The van der Waals surface area contributed by atoms with Gasteiger partial charge in [-0.3, -0.25) is 4.90 Å². The number of pyridine rings is 1. The molecule has 1 atom stereocenters. The van der Waals surface area contributed by atoms with E-state index in [2.05, 4.69) is 36.1 Å². The average Bonchev–Trinajstić information content (AvgIpc) is 2.83. The molecule has 0 radical (unpaired) electrons. The number of hydrogen-bond donors (Lipinski definition) is 1. The van der Waals surface area contributed by atoms with Gasteiger partial charge in [-0.05, 0) is 54.0 Å². The average molecular weight is 337 g/mol. The monoisotopic (exact) mass is 336 g/mol. The Balaban J connectivity index is 1.48. The molecule has 106 valence electrons. The van der Waals surface area contributed by atoms with E-state index in [9.17, 15) is 0 Å². The zero-order chi connectivity index (χ0) is 13.6. The summed E-state index contributed by atoms with van der Waals surface area (Å²) in [6.45, 7) is 4.24. The van der Waals surface area contributed by atoms with Gasteiger partial charge in [0.2, 0.25) is 0 Å². The van der Waals surface area contributed by atoms with Crippen molar-refractivity contribution in [3.63, 3.8) is 0 Å². The molecule has 1 N–H and O–H groups in total. The molecule has 5 heterocycles. The number of piperidine rings is 3. The van der Waals surface area contributed by atoms with Gasteiger partial charge in [-0.25, -0.2) is 9.98 Å². The third-order valence-corrected chi connectivity index (χ3v) is 5.02. The minimum Gasteiger partial charge on any atom is -0.455 e. The molecule has 1 aromatic rings. The van der Waals surface area contributed by atoms with Crippen molar-refractivity contribution in [3.8, 4) is 0 Å². The summed E-state index contributed by atoms with van der Waals surface area (Å²) in [5, 5.41) is 3.25. The van der Waals surface area contributed by atoms with Crippen LogP contribution < -0.4 is 5.32 Å². The van der Waals surface area contributed by atoms with Gasteiger partial charge in [0.05, 0.1) is 6.54 Å². The van der Waals surface area contributed by atoms with Crippen LogP contribution in [0.1, 0.15) is 12.8 Å². The molecular formula is C14H17BrN4O. The smallest absolute Gasteiger partial charge is 0.290 e. The minimum absolute atomic E-state index is 0.0803. The van der Waals surface area contributed by atoms with Gasteiger partial charge in [0, 0.05) is 24.3 Å². The number of halogens is 1. The predicted molar refractivity (Wildman–Crippen MR) is 80.8 cm³/mol. The largest absolute Gasteiger partial charge is 0.455 e. The summed E-state index contributed by atoms with van der Waals surface area (Å²) < 4.78 is 7.03. The fraction of sp³-hybridized carbons (Fsp3) is 0.571. The molecule has 1 aromatic heterocycles. The first-order chi connectivity index (χ1) is 9.73. The van der Waals surface area contributed by atoms with Crippen molar-refractivity contribution in [1.29, 1.82) is 0 Å². The second-order valence-corrected chi connectivity index (χ2v) is 6.64. The molecule has 20 heavy (non-hydrogen) atoms. The van der Waals surface area contributed by atoms with E-state index in [1.807, 2.05) is 12.1 Å². The first kappa shape index (κ1) is 12.6. The Kier molecular flexibility index (Phi) is 2.96. The van der Waals surface area contributed by atoms with Crippen LogP contribution in [0, 0.1) is 5.92 Å².